The fourth-order valence-corrected chi connectivity index (χ4v) is 3.06. The van der Waals surface area contributed by atoms with Crippen LogP contribution in [-0.4, -0.2) is 28.1 Å². The van der Waals surface area contributed by atoms with Crippen LogP contribution in [0, 0.1) is 17.0 Å². The summed E-state index contributed by atoms with van der Waals surface area (Å²) in [6.07, 6.45) is 0. The molecule has 2 aromatic carbocycles. The van der Waals surface area contributed by atoms with Crippen molar-refractivity contribution in [1.29, 1.82) is 0 Å². The molecular weight excluding hydrogens is 356 g/mol. The van der Waals surface area contributed by atoms with Gasteiger partial charge in [-0.1, -0.05) is 18.2 Å². The molecule has 132 valence electrons. The molecule has 3 rings (SSSR count). The third-order valence-electron chi connectivity index (χ3n) is 3.62. The lowest BCUT2D eigenvalue weighted by Crippen LogP contribution is -2.17. The van der Waals surface area contributed by atoms with E-state index in [2.05, 4.69) is 15.5 Å². The summed E-state index contributed by atoms with van der Waals surface area (Å²) >= 11 is 0.978. The van der Waals surface area contributed by atoms with E-state index < -0.39 is 10.8 Å². The number of rotatable bonds is 5. The van der Waals surface area contributed by atoms with Gasteiger partial charge in [0.1, 0.15) is 0 Å². The highest BCUT2D eigenvalue weighted by molar-refractivity contribution is 7.99. The topological polar surface area (TPSA) is 111 Å². The minimum Gasteiger partial charge on any atom is -0.411 e. The number of aromatic nitrogens is 2. The minimum absolute atomic E-state index is 0.180. The maximum absolute atomic E-state index is 11.7. The van der Waals surface area contributed by atoms with E-state index in [9.17, 15) is 14.9 Å². The van der Waals surface area contributed by atoms with Crippen molar-refractivity contribution in [1.82, 2.24) is 15.5 Å². The van der Waals surface area contributed by atoms with E-state index in [1.165, 1.54) is 25.2 Å². The fraction of sp³-hybridized carbons (Fsp3) is 0.118. The summed E-state index contributed by atoms with van der Waals surface area (Å²) in [6, 6.07) is 11.8. The van der Waals surface area contributed by atoms with E-state index in [0.717, 1.165) is 22.9 Å². The second kappa shape index (κ2) is 7.36. The Kier molecular flexibility index (Phi) is 4.99. The number of benzene rings is 2. The first-order chi connectivity index (χ1) is 12.5. The van der Waals surface area contributed by atoms with E-state index >= 15 is 0 Å². The molecule has 0 spiro atoms. The number of aryl methyl sites for hydroxylation is 1. The molecule has 3 aromatic rings. The number of hydrogen-bond acceptors (Lipinski definition) is 7. The van der Waals surface area contributed by atoms with Crippen molar-refractivity contribution in [3.05, 3.63) is 63.7 Å². The van der Waals surface area contributed by atoms with Crippen molar-refractivity contribution in [3.8, 4) is 11.5 Å². The maximum Gasteiger partial charge on any atom is 0.284 e. The first kappa shape index (κ1) is 17.6. The van der Waals surface area contributed by atoms with Crippen LogP contribution in [-0.2, 0) is 0 Å². The van der Waals surface area contributed by atoms with Crippen molar-refractivity contribution in [3.63, 3.8) is 0 Å². The minimum atomic E-state index is -0.548. The molecule has 0 aliphatic heterocycles. The molecule has 0 unspecified atom stereocenters. The average Bonchev–Trinajstić information content (AvgIpc) is 3.09. The quantitative estimate of drug-likeness (QED) is 0.541. The zero-order valence-corrected chi connectivity index (χ0v) is 14.7. The standard InChI is InChI=1S/C17H14N4O4S/c1-10-5-3-4-6-12(10)16-19-20-17(25-16)26-14-8-7-11(15(22)18-2)9-13(14)21(23)24/h3-9H,1-2H3,(H,18,22). The summed E-state index contributed by atoms with van der Waals surface area (Å²) in [4.78, 5) is 22.8. The Morgan fingerprint density at radius 2 is 2.00 bits per heavy atom. The lowest BCUT2D eigenvalue weighted by atomic mass is 10.1. The fourth-order valence-electron chi connectivity index (χ4n) is 2.30. The highest BCUT2D eigenvalue weighted by Crippen LogP contribution is 2.36. The summed E-state index contributed by atoms with van der Waals surface area (Å²) in [5.74, 6) is -0.0560. The van der Waals surface area contributed by atoms with Crippen LogP contribution >= 0.6 is 11.8 Å². The first-order valence-electron chi connectivity index (χ1n) is 7.57. The third-order valence-corrected chi connectivity index (χ3v) is 4.53. The van der Waals surface area contributed by atoms with Gasteiger partial charge in [-0.2, -0.15) is 0 Å². The number of nitro benzene ring substituents is 1. The van der Waals surface area contributed by atoms with Crippen LogP contribution in [0.15, 0.2) is 57.0 Å². The van der Waals surface area contributed by atoms with Crippen molar-refractivity contribution in [2.75, 3.05) is 7.05 Å². The van der Waals surface area contributed by atoms with Crippen LogP contribution in [0.3, 0.4) is 0 Å². The average molecular weight is 370 g/mol. The molecule has 1 heterocycles. The van der Waals surface area contributed by atoms with Crippen molar-refractivity contribution < 1.29 is 14.1 Å². The molecule has 1 aromatic heterocycles. The van der Waals surface area contributed by atoms with Crippen molar-refractivity contribution in [2.24, 2.45) is 0 Å². The van der Waals surface area contributed by atoms with Gasteiger partial charge in [-0.15, -0.1) is 10.2 Å². The number of carbonyl (C=O) groups is 1. The van der Waals surface area contributed by atoms with Gasteiger partial charge in [0.05, 0.1) is 9.82 Å². The van der Waals surface area contributed by atoms with Crippen LogP contribution in [0.1, 0.15) is 15.9 Å². The number of hydrogen-bond donors (Lipinski definition) is 1. The molecular formula is C17H14N4O4S. The molecule has 0 aliphatic carbocycles. The van der Waals surface area contributed by atoms with Gasteiger partial charge in [0.2, 0.25) is 5.89 Å². The van der Waals surface area contributed by atoms with Gasteiger partial charge >= 0.3 is 0 Å². The highest BCUT2D eigenvalue weighted by Gasteiger charge is 2.20. The van der Waals surface area contributed by atoms with E-state index in [0.29, 0.717) is 10.8 Å². The molecule has 8 nitrogen and oxygen atoms in total. The van der Waals surface area contributed by atoms with Crippen LogP contribution in [0.4, 0.5) is 5.69 Å². The van der Waals surface area contributed by atoms with Crippen LogP contribution in [0.25, 0.3) is 11.5 Å². The molecule has 0 atom stereocenters. The molecule has 0 saturated heterocycles. The van der Waals surface area contributed by atoms with Gasteiger partial charge in [0, 0.05) is 24.2 Å². The van der Waals surface area contributed by atoms with E-state index in [1.54, 1.807) is 0 Å². The van der Waals surface area contributed by atoms with Gasteiger partial charge in [0.15, 0.2) is 0 Å². The Morgan fingerprint density at radius 1 is 1.23 bits per heavy atom. The summed E-state index contributed by atoms with van der Waals surface area (Å²) in [7, 11) is 1.46. The Labute approximate surface area is 152 Å². The molecule has 0 radical (unpaired) electrons. The highest BCUT2D eigenvalue weighted by atomic mass is 32.2. The van der Waals surface area contributed by atoms with Gasteiger partial charge in [-0.25, -0.2) is 0 Å². The normalized spacial score (nSPS) is 10.5. The Balaban J connectivity index is 1.91. The molecule has 26 heavy (non-hydrogen) atoms. The monoisotopic (exact) mass is 370 g/mol. The predicted molar refractivity (Wildman–Crippen MR) is 95.1 cm³/mol. The van der Waals surface area contributed by atoms with Crippen LogP contribution < -0.4 is 5.32 Å². The third kappa shape index (κ3) is 3.57. The lowest BCUT2D eigenvalue weighted by molar-refractivity contribution is -0.387. The van der Waals surface area contributed by atoms with Gasteiger partial charge in [0.25, 0.3) is 16.8 Å². The second-order valence-corrected chi connectivity index (χ2v) is 6.30. The number of nitrogens with one attached hydrogen (secondary N) is 1. The van der Waals surface area contributed by atoms with Crippen molar-refractivity contribution >= 4 is 23.4 Å². The van der Waals surface area contributed by atoms with Gasteiger partial charge in [-0.05, 0) is 42.4 Å². The predicted octanol–water partition coefficient (Wildman–Crippen LogP) is 3.46. The Morgan fingerprint density at radius 3 is 2.69 bits per heavy atom. The smallest absolute Gasteiger partial charge is 0.284 e. The Bertz CT molecular complexity index is 986. The number of amides is 1. The van der Waals surface area contributed by atoms with Gasteiger partial charge in [-0.3, -0.25) is 14.9 Å². The SMILES string of the molecule is CNC(=O)c1ccc(Sc2nnc(-c3ccccc3C)o2)c([N+](=O)[O-])c1. The first-order valence-corrected chi connectivity index (χ1v) is 8.39. The zero-order valence-electron chi connectivity index (χ0n) is 13.9. The molecule has 0 fully saturated rings. The van der Waals surface area contributed by atoms with E-state index in [1.807, 2.05) is 31.2 Å². The molecule has 0 bridgehead atoms. The zero-order chi connectivity index (χ0) is 18.7. The number of carbonyl (C=O) groups excluding carboxylic acids is 1. The maximum atomic E-state index is 11.7. The largest absolute Gasteiger partial charge is 0.411 e. The number of nitro groups is 1. The summed E-state index contributed by atoms with van der Waals surface area (Å²) < 4.78 is 5.63. The van der Waals surface area contributed by atoms with Crippen LogP contribution in [0.5, 0.6) is 0 Å². The lowest BCUT2D eigenvalue weighted by Gasteiger charge is -2.03. The van der Waals surface area contributed by atoms with Crippen LogP contribution in [0.2, 0.25) is 0 Å². The summed E-state index contributed by atoms with van der Waals surface area (Å²) in [6.45, 7) is 1.93. The van der Waals surface area contributed by atoms with Crippen molar-refractivity contribution in [2.45, 2.75) is 17.0 Å². The molecule has 0 aliphatic rings. The summed E-state index contributed by atoms with van der Waals surface area (Å²) in [5, 5.41) is 21.9. The van der Waals surface area contributed by atoms with E-state index in [4.69, 9.17) is 4.42 Å². The summed E-state index contributed by atoms with van der Waals surface area (Å²) in [5.41, 5.74) is 1.78. The molecule has 9 heteroatoms. The second-order valence-electron chi connectivity index (χ2n) is 5.31. The van der Waals surface area contributed by atoms with Gasteiger partial charge < -0.3 is 9.73 Å². The molecule has 0 saturated carbocycles. The molecule has 1 N–H and O–H groups in total. The molecule has 1 amide bonds. The number of nitrogens with zero attached hydrogens (tertiary/aromatic N) is 3. The Hall–Kier alpha value is -3.20. The van der Waals surface area contributed by atoms with E-state index in [-0.39, 0.29) is 16.5 Å².